The second-order valence-corrected chi connectivity index (χ2v) is 8.06. The Labute approximate surface area is 205 Å². The summed E-state index contributed by atoms with van der Waals surface area (Å²) in [5.41, 5.74) is 12.0. The molecule has 1 aromatic heterocycles. The van der Waals surface area contributed by atoms with E-state index in [1.807, 2.05) is 12.1 Å². The molecule has 0 fully saturated rings. The number of rotatable bonds is 14. The molecule has 1 heterocycles. The number of carboxylic acids is 1. The van der Waals surface area contributed by atoms with E-state index in [-0.39, 0.29) is 19.3 Å². The average molecular weight is 507 g/mol. The first kappa shape index (κ1) is 28.2. The standard InChI is InChI=1S/C22H30N6O8/c23-13(9-29)19(32)27-16(7-11-8-25-14-4-2-1-3-12(11)14)20(33)28-17(10-30)21(34)26-15(22(35)36)5-6-18(24)31/h1-4,8,13,15-17,25,29-30H,5-7,9-10,23H2,(H2,24,31)(H,26,34)(H,27,32)(H,28,33)(H,35,36). The number of aromatic amines is 1. The summed E-state index contributed by atoms with van der Waals surface area (Å²) in [5.74, 6) is -4.90. The lowest BCUT2D eigenvalue weighted by Gasteiger charge is -2.24. The Morgan fingerprint density at radius 1 is 0.889 bits per heavy atom. The summed E-state index contributed by atoms with van der Waals surface area (Å²) in [7, 11) is 0. The quantitative estimate of drug-likeness (QED) is 0.125. The van der Waals surface area contributed by atoms with Gasteiger partial charge in [0.15, 0.2) is 0 Å². The maximum atomic E-state index is 13.1. The number of carbonyl (C=O) groups is 5. The van der Waals surface area contributed by atoms with Gasteiger partial charge in [0.05, 0.1) is 13.2 Å². The lowest BCUT2D eigenvalue weighted by molar-refractivity contribution is -0.143. The van der Waals surface area contributed by atoms with Gasteiger partial charge >= 0.3 is 5.97 Å². The van der Waals surface area contributed by atoms with Crippen molar-refractivity contribution in [3.8, 4) is 0 Å². The number of H-pyrrole nitrogens is 1. The van der Waals surface area contributed by atoms with Crippen molar-refractivity contribution in [2.45, 2.75) is 43.4 Å². The largest absolute Gasteiger partial charge is 0.480 e. The van der Waals surface area contributed by atoms with E-state index in [0.717, 1.165) is 10.9 Å². The Bertz CT molecular complexity index is 1100. The Kier molecular flexibility index (Phi) is 10.3. The number of aliphatic carboxylic acids is 1. The van der Waals surface area contributed by atoms with E-state index in [4.69, 9.17) is 16.6 Å². The van der Waals surface area contributed by atoms with Gasteiger partial charge in [-0.1, -0.05) is 18.2 Å². The SMILES string of the molecule is NC(=O)CCC(NC(=O)C(CO)NC(=O)C(Cc1c[nH]c2ccccc12)NC(=O)C(N)CO)C(=O)O. The minimum absolute atomic E-state index is 0.0319. The lowest BCUT2D eigenvalue weighted by Crippen LogP contribution is -2.58. The van der Waals surface area contributed by atoms with Crippen LogP contribution < -0.4 is 27.4 Å². The predicted octanol–water partition coefficient (Wildman–Crippen LogP) is -3.17. The van der Waals surface area contributed by atoms with Crippen molar-refractivity contribution in [2.75, 3.05) is 13.2 Å². The number of para-hydroxylation sites is 1. The van der Waals surface area contributed by atoms with Crippen molar-refractivity contribution < 1.29 is 39.3 Å². The third-order valence-electron chi connectivity index (χ3n) is 5.37. The average Bonchev–Trinajstić information content (AvgIpc) is 3.26. The molecular weight excluding hydrogens is 476 g/mol. The molecule has 0 spiro atoms. The normalized spacial score (nSPS) is 14.3. The third-order valence-corrected chi connectivity index (χ3v) is 5.37. The van der Waals surface area contributed by atoms with Crippen LogP contribution >= 0.6 is 0 Å². The van der Waals surface area contributed by atoms with Crippen LogP contribution in [0.2, 0.25) is 0 Å². The first-order valence-electron chi connectivity index (χ1n) is 11.0. The van der Waals surface area contributed by atoms with Crippen LogP contribution in [0, 0.1) is 0 Å². The molecule has 0 aliphatic carbocycles. The number of aliphatic hydroxyl groups excluding tert-OH is 2. The van der Waals surface area contributed by atoms with Crippen molar-refractivity contribution in [3.05, 3.63) is 36.0 Å². The molecule has 2 aromatic rings. The molecule has 14 heteroatoms. The van der Waals surface area contributed by atoms with Crippen molar-refractivity contribution in [1.82, 2.24) is 20.9 Å². The van der Waals surface area contributed by atoms with Gasteiger partial charge in [0.2, 0.25) is 23.6 Å². The van der Waals surface area contributed by atoms with Crippen LogP contribution in [0.15, 0.2) is 30.5 Å². The van der Waals surface area contributed by atoms with E-state index < -0.39 is 67.0 Å². The number of carbonyl (C=O) groups excluding carboxylic acids is 4. The predicted molar refractivity (Wildman–Crippen MR) is 126 cm³/mol. The molecule has 0 saturated heterocycles. The van der Waals surface area contributed by atoms with E-state index in [9.17, 15) is 34.2 Å². The molecule has 14 nitrogen and oxygen atoms in total. The molecule has 196 valence electrons. The van der Waals surface area contributed by atoms with Gasteiger partial charge in [0, 0.05) is 29.9 Å². The molecular formula is C22H30N6O8. The Morgan fingerprint density at radius 3 is 2.11 bits per heavy atom. The fourth-order valence-corrected chi connectivity index (χ4v) is 3.37. The monoisotopic (exact) mass is 506 g/mol. The van der Waals surface area contributed by atoms with Gasteiger partial charge in [-0.15, -0.1) is 0 Å². The van der Waals surface area contributed by atoms with Gasteiger partial charge in [-0.25, -0.2) is 4.79 Å². The fourth-order valence-electron chi connectivity index (χ4n) is 3.37. The molecule has 11 N–H and O–H groups in total. The van der Waals surface area contributed by atoms with Crippen molar-refractivity contribution >= 4 is 40.5 Å². The molecule has 36 heavy (non-hydrogen) atoms. The highest BCUT2D eigenvalue weighted by Crippen LogP contribution is 2.19. The topological polar surface area (TPSA) is 250 Å². The highest BCUT2D eigenvalue weighted by molar-refractivity contribution is 5.95. The smallest absolute Gasteiger partial charge is 0.326 e. The Morgan fingerprint density at radius 2 is 1.50 bits per heavy atom. The number of amides is 4. The van der Waals surface area contributed by atoms with Crippen molar-refractivity contribution in [3.63, 3.8) is 0 Å². The minimum atomic E-state index is -1.57. The summed E-state index contributed by atoms with van der Waals surface area (Å²) in [5, 5.41) is 35.7. The molecule has 4 unspecified atom stereocenters. The number of benzene rings is 1. The van der Waals surface area contributed by atoms with E-state index in [1.54, 1.807) is 18.3 Å². The zero-order valence-electron chi connectivity index (χ0n) is 19.3. The fraction of sp³-hybridized carbons (Fsp3) is 0.409. The highest BCUT2D eigenvalue weighted by Gasteiger charge is 2.30. The number of fused-ring (bicyclic) bond motifs is 1. The second kappa shape index (κ2) is 13.2. The molecule has 4 atom stereocenters. The zero-order chi connectivity index (χ0) is 26.8. The van der Waals surface area contributed by atoms with Crippen LogP contribution in [0.5, 0.6) is 0 Å². The van der Waals surface area contributed by atoms with Gasteiger partial charge in [-0.05, 0) is 18.1 Å². The van der Waals surface area contributed by atoms with E-state index >= 15 is 0 Å². The minimum Gasteiger partial charge on any atom is -0.480 e. The second-order valence-electron chi connectivity index (χ2n) is 8.06. The van der Waals surface area contributed by atoms with Crippen LogP contribution in [0.1, 0.15) is 18.4 Å². The Hall–Kier alpha value is -4.01. The third kappa shape index (κ3) is 7.76. The zero-order valence-corrected chi connectivity index (χ0v) is 19.3. The van der Waals surface area contributed by atoms with Crippen LogP contribution in [-0.4, -0.2) is 87.3 Å². The van der Waals surface area contributed by atoms with E-state index in [2.05, 4.69) is 20.9 Å². The number of hydrogen-bond donors (Lipinski definition) is 9. The molecule has 0 aliphatic rings. The van der Waals surface area contributed by atoms with Gasteiger partial charge in [0.25, 0.3) is 0 Å². The van der Waals surface area contributed by atoms with E-state index in [1.165, 1.54) is 0 Å². The number of carboxylic acid groups (broad SMARTS) is 1. The summed E-state index contributed by atoms with van der Waals surface area (Å²) < 4.78 is 0. The van der Waals surface area contributed by atoms with Gasteiger partial charge in [-0.3, -0.25) is 19.2 Å². The van der Waals surface area contributed by atoms with Crippen molar-refractivity contribution in [2.24, 2.45) is 11.5 Å². The van der Waals surface area contributed by atoms with Gasteiger partial charge in [-0.2, -0.15) is 0 Å². The number of primary amides is 1. The number of aromatic nitrogens is 1. The number of nitrogens with two attached hydrogens (primary N) is 2. The van der Waals surface area contributed by atoms with Crippen LogP contribution in [0.25, 0.3) is 10.9 Å². The van der Waals surface area contributed by atoms with Gasteiger partial charge < -0.3 is 47.7 Å². The van der Waals surface area contributed by atoms with E-state index in [0.29, 0.717) is 5.56 Å². The highest BCUT2D eigenvalue weighted by atomic mass is 16.4. The summed E-state index contributed by atoms with van der Waals surface area (Å²) >= 11 is 0. The summed E-state index contributed by atoms with van der Waals surface area (Å²) in [6.07, 6.45) is 1.02. The number of nitrogens with one attached hydrogen (secondary N) is 4. The summed E-state index contributed by atoms with van der Waals surface area (Å²) in [6.45, 7) is -1.56. The molecule has 0 saturated carbocycles. The van der Waals surface area contributed by atoms with Crippen molar-refractivity contribution in [1.29, 1.82) is 0 Å². The van der Waals surface area contributed by atoms with Crippen LogP contribution in [0.3, 0.4) is 0 Å². The Balaban J connectivity index is 2.19. The first-order valence-corrected chi connectivity index (χ1v) is 11.0. The molecule has 4 amide bonds. The van der Waals surface area contributed by atoms with Crippen LogP contribution in [0.4, 0.5) is 0 Å². The number of aliphatic hydroxyl groups is 2. The lowest BCUT2D eigenvalue weighted by atomic mass is 10.0. The number of hydrogen-bond acceptors (Lipinski definition) is 8. The van der Waals surface area contributed by atoms with Gasteiger partial charge in [0.1, 0.15) is 24.2 Å². The maximum Gasteiger partial charge on any atom is 0.326 e. The maximum absolute atomic E-state index is 13.1. The summed E-state index contributed by atoms with van der Waals surface area (Å²) in [6, 6.07) is 1.60. The molecule has 0 aliphatic heterocycles. The van der Waals surface area contributed by atoms with Crippen LogP contribution in [-0.2, 0) is 30.4 Å². The summed E-state index contributed by atoms with van der Waals surface area (Å²) in [4.78, 5) is 63.3. The molecule has 1 aromatic carbocycles. The molecule has 0 bridgehead atoms. The molecule has 0 radical (unpaired) electrons. The molecule has 2 rings (SSSR count). The first-order chi connectivity index (χ1) is 17.1.